The summed E-state index contributed by atoms with van der Waals surface area (Å²) in [6.45, 7) is 1.50. The number of ketones is 1. The van der Waals surface area contributed by atoms with Gasteiger partial charge in [-0.15, -0.1) is 0 Å². The molecule has 0 amide bonds. The molecule has 0 aromatic heterocycles. The van der Waals surface area contributed by atoms with Gasteiger partial charge in [0.2, 0.25) is 0 Å². The number of alkyl halides is 1. The highest BCUT2D eigenvalue weighted by molar-refractivity contribution is 9.11. The van der Waals surface area contributed by atoms with E-state index in [4.69, 9.17) is 5.73 Å². The number of hydrogen-bond donors (Lipinski definition) is 1. The third-order valence-electron chi connectivity index (χ3n) is 2.12. The Labute approximate surface area is 103 Å². The van der Waals surface area contributed by atoms with Gasteiger partial charge in [-0.05, 0) is 24.3 Å². The Bertz CT molecular complexity index is 481. The van der Waals surface area contributed by atoms with Crippen molar-refractivity contribution >= 4 is 37.2 Å². The summed E-state index contributed by atoms with van der Waals surface area (Å²) in [6, 6.07) is 6.14. The van der Waals surface area contributed by atoms with E-state index in [2.05, 4.69) is 15.9 Å². The van der Waals surface area contributed by atoms with Gasteiger partial charge in [-0.2, -0.15) is 0 Å². The predicted octanol–water partition coefficient (Wildman–Crippen LogP) is 1.61. The van der Waals surface area contributed by atoms with Crippen molar-refractivity contribution in [3.05, 3.63) is 29.8 Å². The molecule has 0 radical (unpaired) electrons. The highest BCUT2D eigenvalue weighted by Gasteiger charge is 2.28. The number of sulfone groups is 1. The van der Waals surface area contributed by atoms with Gasteiger partial charge in [-0.25, -0.2) is 8.42 Å². The summed E-state index contributed by atoms with van der Waals surface area (Å²) in [5.41, 5.74) is 6.33. The van der Waals surface area contributed by atoms with Crippen LogP contribution in [0.3, 0.4) is 0 Å². The summed E-state index contributed by atoms with van der Waals surface area (Å²) in [4.78, 5) is 11.8. The molecule has 0 aliphatic carbocycles. The van der Waals surface area contributed by atoms with E-state index in [0.717, 1.165) is 0 Å². The van der Waals surface area contributed by atoms with Crippen LogP contribution in [0.2, 0.25) is 0 Å². The van der Waals surface area contributed by atoms with Crippen LogP contribution in [-0.4, -0.2) is 24.1 Å². The SMILES string of the molecule is CCS(=O)(=O)[C@H](Br)C(=O)c1ccc(N)cc1. The Morgan fingerprint density at radius 2 is 1.88 bits per heavy atom. The van der Waals surface area contributed by atoms with E-state index in [1.54, 1.807) is 12.1 Å². The Hall–Kier alpha value is -0.880. The maximum Gasteiger partial charge on any atom is 0.191 e. The zero-order chi connectivity index (χ0) is 12.3. The predicted molar refractivity (Wildman–Crippen MR) is 67.4 cm³/mol. The van der Waals surface area contributed by atoms with Gasteiger partial charge in [-0.1, -0.05) is 22.9 Å². The fourth-order valence-electron chi connectivity index (χ4n) is 1.09. The molecule has 0 heterocycles. The molecule has 1 rings (SSSR count). The number of nitrogens with two attached hydrogens (primary N) is 1. The molecule has 0 fully saturated rings. The highest BCUT2D eigenvalue weighted by atomic mass is 79.9. The third-order valence-corrected chi connectivity index (χ3v) is 5.89. The van der Waals surface area contributed by atoms with Gasteiger partial charge in [0.15, 0.2) is 19.8 Å². The lowest BCUT2D eigenvalue weighted by molar-refractivity contribution is 0.101. The summed E-state index contributed by atoms with van der Waals surface area (Å²) in [5.74, 6) is -0.550. The summed E-state index contributed by atoms with van der Waals surface area (Å²) in [6.07, 6.45) is 0. The Morgan fingerprint density at radius 3 is 2.31 bits per heavy atom. The van der Waals surface area contributed by atoms with E-state index in [-0.39, 0.29) is 5.75 Å². The lowest BCUT2D eigenvalue weighted by atomic mass is 10.1. The second kappa shape index (κ2) is 4.97. The van der Waals surface area contributed by atoms with Gasteiger partial charge in [0.25, 0.3) is 0 Å². The monoisotopic (exact) mass is 305 g/mol. The van der Waals surface area contributed by atoms with E-state index in [1.807, 2.05) is 0 Å². The van der Waals surface area contributed by atoms with E-state index in [1.165, 1.54) is 19.1 Å². The minimum absolute atomic E-state index is 0.0797. The first-order chi connectivity index (χ1) is 7.38. The number of carbonyl (C=O) groups is 1. The van der Waals surface area contributed by atoms with Crippen LogP contribution in [0.1, 0.15) is 17.3 Å². The molecule has 0 saturated carbocycles. The molecule has 1 atom stereocenters. The number of anilines is 1. The van der Waals surface area contributed by atoms with Crippen molar-refractivity contribution in [2.24, 2.45) is 0 Å². The summed E-state index contributed by atoms with van der Waals surface area (Å²) < 4.78 is 21.8. The first-order valence-corrected chi connectivity index (χ1v) is 7.27. The van der Waals surface area contributed by atoms with Gasteiger partial charge in [0, 0.05) is 17.0 Å². The summed E-state index contributed by atoms with van der Waals surface area (Å²) in [5, 5.41) is 0. The zero-order valence-electron chi connectivity index (χ0n) is 8.68. The van der Waals surface area contributed by atoms with Crippen molar-refractivity contribution < 1.29 is 13.2 Å². The van der Waals surface area contributed by atoms with Crippen LogP contribution in [0.15, 0.2) is 24.3 Å². The first-order valence-electron chi connectivity index (χ1n) is 4.64. The van der Waals surface area contributed by atoms with Crippen molar-refractivity contribution in [3.63, 3.8) is 0 Å². The van der Waals surface area contributed by atoms with Crippen LogP contribution in [0.5, 0.6) is 0 Å². The van der Waals surface area contributed by atoms with Crippen LogP contribution in [-0.2, 0) is 9.84 Å². The molecular formula is C10H12BrNO3S. The molecule has 0 unspecified atom stereocenters. The molecule has 0 bridgehead atoms. The summed E-state index contributed by atoms with van der Waals surface area (Å²) >= 11 is 2.91. The van der Waals surface area contributed by atoms with Crippen LogP contribution >= 0.6 is 15.9 Å². The molecule has 0 saturated heterocycles. The molecule has 16 heavy (non-hydrogen) atoms. The maximum atomic E-state index is 11.8. The van der Waals surface area contributed by atoms with Gasteiger partial charge >= 0.3 is 0 Å². The van der Waals surface area contributed by atoms with Crippen LogP contribution in [0, 0.1) is 0 Å². The number of Topliss-reactive ketones (excluding diaryl/α,β-unsaturated/α-hetero) is 1. The molecule has 0 aliphatic heterocycles. The number of halogens is 1. The molecular weight excluding hydrogens is 294 g/mol. The number of benzene rings is 1. The van der Waals surface area contributed by atoms with Gasteiger partial charge in [0.1, 0.15) is 0 Å². The number of nitrogen functional groups attached to an aromatic ring is 1. The third kappa shape index (κ3) is 2.82. The molecule has 0 aliphatic rings. The van der Waals surface area contributed by atoms with Gasteiger partial charge in [0.05, 0.1) is 0 Å². The fourth-order valence-corrected chi connectivity index (χ4v) is 2.90. The molecule has 2 N–H and O–H groups in total. The van der Waals surface area contributed by atoms with E-state index in [0.29, 0.717) is 11.3 Å². The number of carbonyl (C=O) groups excluding carboxylic acids is 1. The van der Waals surface area contributed by atoms with E-state index < -0.39 is 19.8 Å². The zero-order valence-corrected chi connectivity index (χ0v) is 11.1. The van der Waals surface area contributed by atoms with E-state index >= 15 is 0 Å². The average Bonchev–Trinajstić information content (AvgIpc) is 2.28. The topological polar surface area (TPSA) is 77.2 Å². The van der Waals surface area contributed by atoms with Crippen LogP contribution < -0.4 is 5.73 Å². The lowest BCUT2D eigenvalue weighted by Gasteiger charge is -2.08. The molecule has 0 spiro atoms. The Kier molecular flexibility index (Phi) is 4.09. The lowest BCUT2D eigenvalue weighted by Crippen LogP contribution is -2.26. The second-order valence-electron chi connectivity index (χ2n) is 3.25. The van der Waals surface area contributed by atoms with Crippen LogP contribution in [0.25, 0.3) is 0 Å². The fraction of sp³-hybridized carbons (Fsp3) is 0.300. The number of hydrogen-bond acceptors (Lipinski definition) is 4. The van der Waals surface area contributed by atoms with Gasteiger partial charge < -0.3 is 5.73 Å². The van der Waals surface area contributed by atoms with Crippen molar-refractivity contribution in [3.8, 4) is 0 Å². The standard InChI is InChI=1S/C10H12BrNO3S/c1-2-16(14,15)10(11)9(13)7-3-5-8(12)6-4-7/h3-6,10H,2,12H2,1H3/t10-/m0/s1. The van der Waals surface area contributed by atoms with Crippen molar-refractivity contribution in [2.45, 2.75) is 11.1 Å². The maximum absolute atomic E-state index is 11.8. The minimum atomic E-state index is -3.42. The second-order valence-corrected chi connectivity index (χ2v) is 7.15. The molecule has 88 valence electrons. The Morgan fingerprint density at radius 1 is 1.38 bits per heavy atom. The normalized spacial score (nSPS) is 13.4. The Balaban J connectivity index is 2.99. The van der Waals surface area contributed by atoms with Gasteiger partial charge in [-0.3, -0.25) is 4.79 Å². The first kappa shape index (κ1) is 13.2. The van der Waals surface area contributed by atoms with Crippen LogP contribution in [0.4, 0.5) is 5.69 Å². The van der Waals surface area contributed by atoms with Crippen molar-refractivity contribution in [1.29, 1.82) is 0 Å². The quantitative estimate of drug-likeness (QED) is 0.521. The molecule has 6 heteroatoms. The molecule has 1 aromatic rings. The average molecular weight is 306 g/mol. The number of rotatable bonds is 4. The molecule has 1 aromatic carbocycles. The minimum Gasteiger partial charge on any atom is -0.399 e. The molecule has 4 nitrogen and oxygen atoms in total. The van der Waals surface area contributed by atoms with Crippen molar-refractivity contribution in [1.82, 2.24) is 0 Å². The summed E-state index contributed by atoms with van der Waals surface area (Å²) in [7, 11) is -3.42. The highest BCUT2D eigenvalue weighted by Crippen LogP contribution is 2.17. The smallest absolute Gasteiger partial charge is 0.191 e. The largest absolute Gasteiger partial charge is 0.399 e. The van der Waals surface area contributed by atoms with Crippen molar-refractivity contribution in [2.75, 3.05) is 11.5 Å². The van der Waals surface area contributed by atoms with E-state index in [9.17, 15) is 13.2 Å².